The first-order valence-electron chi connectivity index (χ1n) is 10.8. The van der Waals surface area contributed by atoms with Crippen LogP contribution in [-0.4, -0.2) is 52.5 Å². The third kappa shape index (κ3) is 6.13. The van der Waals surface area contributed by atoms with Crippen LogP contribution >= 0.6 is 23.5 Å². The number of hydrogen-bond donors (Lipinski definition) is 1. The maximum atomic E-state index is 14.4. The van der Waals surface area contributed by atoms with Crippen LogP contribution in [0.5, 0.6) is 0 Å². The second-order valence-electron chi connectivity index (χ2n) is 9.56. The van der Waals surface area contributed by atoms with Crippen LogP contribution < -0.4 is 0 Å². The van der Waals surface area contributed by atoms with Gasteiger partial charge in [0, 0.05) is 23.8 Å². The maximum Gasteiger partial charge on any atom is 0.171 e. The highest BCUT2D eigenvalue weighted by atomic mass is 32.2. The lowest BCUT2D eigenvalue weighted by atomic mass is 9.87. The fraction of sp³-hybridized carbons (Fsp3) is 0.909. The zero-order chi connectivity index (χ0) is 20.2. The van der Waals surface area contributed by atoms with E-state index in [0.29, 0.717) is 36.1 Å². The molecule has 3 aliphatic rings. The van der Waals surface area contributed by atoms with Gasteiger partial charge in [0.15, 0.2) is 5.79 Å². The Bertz CT molecular complexity index is 510. The molecule has 0 aromatic rings. The van der Waals surface area contributed by atoms with Gasteiger partial charge in [0.1, 0.15) is 12.3 Å². The Kier molecular flexibility index (Phi) is 8.22. The average Bonchev–Trinajstić information content (AvgIpc) is 3.38. The molecule has 0 amide bonds. The quantitative estimate of drug-likeness (QED) is 0.518. The minimum atomic E-state index is -1.20. The molecule has 4 unspecified atom stereocenters. The van der Waals surface area contributed by atoms with Crippen LogP contribution in [0.3, 0.4) is 0 Å². The topological polar surface area (TPSA) is 38.7 Å². The predicted octanol–water partition coefficient (Wildman–Crippen LogP) is 5.42. The van der Waals surface area contributed by atoms with Crippen LogP contribution in [0.4, 0.5) is 4.39 Å². The Balaban J connectivity index is 1.57. The average molecular weight is 433 g/mol. The molecule has 0 radical (unpaired) electrons. The van der Waals surface area contributed by atoms with Gasteiger partial charge < -0.3 is 14.6 Å². The zero-order valence-corrected chi connectivity index (χ0v) is 19.2. The summed E-state index contributed by atoms with van der Waals surface area (Å²) in [6.45, 7) is 7.65. The molecule has 28 heavy (non-hydrogen) atoms. The first kappa shape index (κ1) is 22.9. The van der Waals surface area contributed by atoms with Crippen LogP contribution in [0.2, 0.25) is 0 Å². The normalized spacial score (nSPS) is 30.6. The number of rotatable bonds is 8. The lowest BCUT2D eigenvalue weighted by Gasteiger charge is -2.32. The summed E-state index contributed by atoms with van der Waals surface area (Å²) in [5.74, 6) is 2.64. The molecule has 2 heterocycles. The molecule has 6 heteroatoms. The van der Waals surface area contributed by atoms with E-state index in [9.17, 15) is 9.50 Å². The van der Waals surface area contributed by atoms with Gasteiger partial charge in [-0.3, -0.25) is 0 Å². The van der Waals surface area contributed by atoms with Crippen LogP contribution in [-0.2, 0) is 9.47 Å². The van der Waals surface area contributed by atoms with Gasteiger partial charge in [0.05, 0.1) is 17.8 Å². The van der Waals surface area contributed by atoms with Crippen molar-refractivity contribution in [2.75, 3.05) is 24.7 Å². The zero-order valence-electron chi connectivity index (χ0n) is 17.6. The molecule has 2 saturated heterocycles. The Labute approximate surface area is 178 Å². The molecule has 3 rings (SSSR count). The summed E-state index contributed by atoms with van der Waals surface area (Å²) in [5.41, 5.74) is 0.0874. The van der Waals surface area contributed by atoms with Crippen molar-refractivity contribution >= 4 is 23.5 Å². The van der Waals surface area contributed by atoms with E-state index in [0.717, 1.165) is 25.7 Å². The van der Waals surface area contributed by atoms with E-state index in [4.69, 9.17) is 9.47 Å². The molecule has 3 fully saturated rings. The van der Waals surface area contributed by atoms with E-state index in [2.05, 4.69) is 44.3 Å². The van der Waals surface area contributed by atoms with Crippen molar-refractivity contribution in [2.45, 2.75) is 81.9 Å². The number of ether oxygens (including phenoxy) is 2. The van der Waals surface area contributed by atoms with Crippen molar-refractivity contribution in [1.29, 1.82) is 0 Å². The highest BCUT2D eigenvalue weighted by molar-refractivity contribution is 8.20. The Morgan fingerprint density at radius 1 is 1.18 bits per heavy atom. The number of thioether (sulfide) groups is 2. The van der Waals surface area contributed by atoms with E-state index in [1.54, 1.807) is 6.08 Å². The van der Waals surface area contributed by atoms with Gasteiger partial charge in [-0.05, 0) is 43.4 Å². The summed E-state index contributed by atoms with van der Waals surface area (Å²) in [7, 11) is 0. The van der Waals surface area contributed by atoms with E-state index >= 15 is 0 Å². The SMILES string of the molecule is CC(C)(C)CCC(F)C(O)C=CC1CCC2(OCCO2)C1CCC1SCCS1. The van der Waals surface area contributed by atoms with E-state index in [-0.39, 0.29) is 5.41 Å². The summed E-state index contributed by atoms with van der Waals surface area (Å²) in [6, 6.07) is 0. The van der Waals surface area contributed by atoms with Crippen molar-refractivity contribution in [1.82, 2.24) is 0 Å². The van der Waals surface area contributed by atoms with Gasteiger partial charge in [-0.15, -0.1) is 23.5 Å². The number of allylic oxidation sites excluding steroid dienone is 1. The van der Waals surface area contributed by atoms with E-state index in [1.807, 2.05) is 6.08 Å². The Hall–Kier alpha value is 0.250. The van der Waals surface area contributed by atoms with Crippen LogP contribution in [0.1, 0.15) is 59.3 Å². The van der Waals surface area contributed by atoms with Gasteiger partial charge in [-0.1, -0.05) is 32.9 Å². The molecule has 0 aromatic heterocycles. The van der Waals surface area contributed by atoms with E-state index in [1.165, 1.54) is 17.9 Å². The number of alkyl halides is 1. The monoisotopic (exact) mass is 432 g/mol. The number of hydrogen-bond acceptors (Lipinski definition) is 5. The molecule has 162 valence electrons. The fourth-order valence-corrected chi connectivity index (χ4v) is 7.45. The van der Waals surface area contributed by atoms with Gasteiger partial charge >= 0.3 is 0 Å². The van der Waals surface area contributed by atoms with Crippen LogP contribution in [0.25, 0.3) is 0 Å². The fourth-order valence-electron chi connectivity index (χ4n) is 4.58. The van der Waals surface area contributed by atoms with Crippen LogP contribution in [0.15, 0.2) is 12.2 Å². The first-order chi connectivity index (χ1) is 13.3. The minimum Gasteiger partial charge on any atom is -0.386 e. The molecular formula is C22H37FO3S2. The molecule has 0 aromatic carbocycles. The highest BCUT2D eigenvalue weighted by Crippen LogP contribution is 2.50. The number of aliphatic hydroxyl groups excluding tert-OH is 1. The van der Waals surface area contributed by atoms with Crippen molar-refractivity contribution in [3.63, 3.8) is 0 Å². The summed E-state index contributed by atoms with van der Waals surface area (Å²) in [4.78, 5) is 0. The molecule has 1 aliphatic carbocycles. The lowest BCUT2D eigenvalue weighted by molar-refractivity contribution is -0.185. The molecule has 4 atom stereocenters. The Morgan fingerprint density at radius 3 is 2.50 bits per heavy atom. The summed E-state index contributed by atoms with van der Waals surface area (Å²) in [6.07, 6.45) is 6.81. The molecular weight excluding hydrogens is 395 g/mol. The smallest absolute Gasteiger partial charge is 0.171 e. The van der Waals surface area contributed by atoms with Crippen molar-refractivity contribution < 1.29 is 19.0 Å². The molecule has 3 nitrogen and oxygen atoms in total. The standard InChI is InChI=1S/C22H37FO3S2/c1-21(2,3)10-9-18(23)19(24)6-4-16-8-11-22(25-12-13-26-22)17(16)5-7-20-27-14-15-28-20/h4,6,16-20,24H,5,7-15H2,1-3H3. The second kappa shape index (κ2) is 10.0. The first-order valence-corrected chi connectivity index (χ1v) is 12.9. The maximum absolute atomic E-state index is 14.4. The van der Waals surface area contributed by atoms with Crippen LogP contribution in [0, 0.1) is 17.3 Å². The predicted molar refractivity (Wildman–Crippen MR) is 118 cm³/mol. The molecule has 2 aliphatic heterocycles. The summed E-state index contributed by atoms with van der Waals surface area (Å²) in [5, 5.41) is 10.3. The number of halogens is 1. The number of aliphatic hydroxyl groups is 1. The lowest BCUT2D eigenvalue weighted by Crippen LogP contribution is -2.36. The van der Waals surface area contributed by atoms with Gasteiger partial charge in [-0.25, -0.2) is 4.39 Å². The third-order valence-corrected chi connectivity index (χ3v) is 9.35. The minimum absolute atomic E-state index is 0.0874. The summed E-state index contributed by atoms with van der Waals surface area (Å²) >= 11 is 4.12. The van der Waals surface area contributed by atoms with Crippen molar-refractivity contribution in [2.24, 2.45) is 17.3 Å². The largest absolute Gasteiger partial charge is 0.386 e. The molecule has 0 bridgehead atoms. The van der Waals surface area contributed by atoms with E-state index < -0.39 is 18.1 Å². The molecule has 1 spiro atoms. The molecule has 1 N–H and O–H groups in total. The molecule has 1 saturated carbocycles. The second-order valence-corrected chi connectivity index (χ2v) is 12.5. The third-order valence-electron chi connectivity index (χ3n) is 6.18. The summed E-state index contributed by atoms with van der Waals surface area (Å²) < 4.78 is 27.2. The van der Waals surface area contributed by atoms with Gasteiger partial charge in [0.25, 0.3) is 0 Å². The van der Waals surface area contributed by atoms with Gasteiger partial charge in [-0.2, -0.15) is 0 Å². The van der Waals surface area contributed by atoms with Gasteiger partial charge in [0.2, 0.25) is 0 Å². The van der Waals surface area contributed by atoms with Crippen molar-refractivity contribution in [3.05, 3.63) is 12.2 Å². The van der Waals surface area contributed by atoms with Crippen molar-refractivity contribution in [3.8, 4) is 0 Å². The highest BCUT2D eigenvalue weighted by Gasteiger charge is 2.51. The Morgan fingerprint density at radius 2 is 1.86 bits per heavy atom.